The van der Waals surface area contributed by atoms with Crippen molar-refractivity contribution in [2.45, 2.75) is 24.8 Å². The van der Waals surface area contributed by atoms with Gasteiger partial charge >= 0.3 is 12.1 Å². The van der Waals surface area contributed by atoms with Crippen LogP contribution in [0.1, 0.15) is 36.0 Å². The van der Waals surface area contributed by atoms with Crippen LogP contribution in [-0.2, 0) is 9.53 Å². The molecule has 1 amide bonds. The molecule has 1 aliphatic carbocycles. The topological polar surface area (TPSA) is 75.6 Å². The minimum atomic E-state index is -1.59. The Labute approximate surface area is 211 Å². The van der Waals surface area contributed by atoms with E-state index in [-0.39, 0.29) is 18.9 Å². The molecule has 1 unspecified atom stereocenters. The fraction of sp³-hybridized carbons (Fsp3) is 0.161. The Balaban J connectivity index is 1.39. The van der Waals surface area contributed by atoms with Crippen LogP contribution in [0.25, 0.3) is 16.7 Å². The molecule has 3 aromatic carbocycles. The molecule has 3 aromatic rings. The van der Waals surface area contributed by atoms with E-state index in [9.17, 15) is 14.7 Å². The van der Waals surface area contributed by atoms with Crippen LogP contribution in [0.15, 0.2) is 110 Å². The average molecular weight is 480 g/mol. The quantitative estimate of drug-likeness (QED) is 0.340. The van der Waals surface area contributed by atoms with E-state index in [1.54, 1.807) is 12.2 Å². The van der Waals surface area contributed by atoms with Crippen molar-refractivity contribution in [3.8, 4) is 11.1 Å². The molecule has 4 rings (SSSR count). The highest BCUT2D eigenvalue weighted by Crippen LogP contribution is 2.44. The highest BCUT2D eigenvalue weighted by atomic mass is 16.5. The summed E-state index contributed by atoms with van der Waals surface area (Å²) in [6.07, 6.45) is 2.72. The van der Waals surface area contributed by atoms with Gasteiger partial charge in [-0.3, -0.25) is 0 Å². The predicted octanol–water partition coefficient (Wildman–Crippen LogP) is 6.58. The number of rotatable bonds is 9. The van der Waals surface area contributed by atoms with Crippen molar-refractivity contribution in [2.24, 2.45) is 0 Å². The number of ether oxygens (including phenoxy) is 1. The van der Waals surface area contributed by atoms with Gasteiger partial charge in [0.25, 0.3) is 0 Å². The molecule has 182 valence electrons. The van der Waals surface area contributed by atoms with Crippen molar-refractivity contribution >= 4 is 17.6 Å². The summed E-state index contributed by atoms with van der Waals surface area (Å²) in [6.45, 7) is 9.56. The summed E-state index contributed by atoms with van der Waals surface area (Å²) in [5.74, 6) is -1.28. The van der Waals surface area contributed by atoms with Gasteiger partial charge in [-0.15, -0.1) is 0 Å². The number of alkyl carbamates (subject to hydrolysis) is 1. The summed E-state index contributed by atoms with van der Waals surface area (Å²) in [7, 11) is 0. The van der Waals surface area contributed by atoms with Crippen LogP contribution in [0.4, 0.5) is 4.79 Å². The normalized spacial score (nSPS) is 13.9. The van der Waals surface area contributed by atoms with Crippen LogP contribution in [0.5, 0.6) is 0 Å². The molecule has 1 aliphatic rings. The number of allylic oxidation sites excluding steroid dienone is 3. The van der Waals surface area contributed by atoms with Gasteiger partial charge in [0.2, 0.25) is 0 Å². The number of hydrogen-bond donors (Lipinski definition) is 2. The lowest BCUT2D eigenvalue weighted by Gasteiger charge is -2.26. The summed E-state index contributed by atoms with van der Waals surface area (Å²) in [5, 5.41) is 12.4. The first-order chi connectivity index (χ1) is 17.3. The maximum atomic E-state index is 12.7. The Morgan fingerprint density at radius 2 is 1.47 bits per heavy atom. The first-order valence-electron chi connectivity index (χ1n) is 11.8. The zero-order valence-corrected chi connectivity index (χ0v) is 20.2. The monoisotopic (exact) mass is 479 g/mol. The van der Waals surface area contributed by atoms with Crippen molar-refractivity contribution in [1.82, 2.24) is 5.32 Å². The molecule has 0 aromatic heterocycles. The van der Waals surface area contributed by atoms with Crippen LogP contribution in [0, 0.1) is 0 Å². The van der Waals surface area contributed by atoms with Crippen LogP contribution < -0.4 is 5.32 Å². The van der Waals surface area contributed by atoms with Crippen molar-refractivity contribution in [1.29, 1.82) is 0 Å². The molecule has 0 spiro atoms. The van der Waals surface area contributed by atoms with Gasteiger partial charge in [0.1, 0.15) is 12.1 Å². The second kappa shape index (κ2) is 10.5. The first-order valence-corrected chi connectivity index (χ1v) is 11.8. The zero-order valence-electron chi connectivity index (χ0n) is 20.2. The fourth-order valence-corrected chi connectivity index (χ4v) is 4.51. The minimum Gasteiger partial charge on any atom is -0.480 e. The molecule has 0 bridgehead atoms. The average Bonchev–Trinajstić information content (AvgIpc) is 3.20. The number of carboxylic acid groups (broad SMARTS) is 1. The van der Waals surface area contributed by atoms with Gasteiger partial charge < -0.3 is 15.2 Å². The molecule has 0 saturated heterocycles. The third kappa shape index (κ3) is 5.31. The van der Waals surface area contributed by atoms with E-state index in [0.717, 1.165) is 33.4 Å². The molecule has 5 heteroatoms. The largest absolute Gasteiger partial charge is 0.480 e. The number of nitrogens with one attached hydrogen (secondary N) is 1. The molecule has 1 atom stereocenters. The van der Waals surface area contributed by atoms with E-state index in [1.807, 2.05) is 66.7 Å². The maximum absolute atomic E-state index is 12.7. The van der Waals surface area contributed by atoms with E-state index >= 15 is 0 Å². The Morgan fingerprint density at radius 1 is 0.917 bits per heavy atom. The van der Waals surface area contributed by atoms with Crippen molar-refractivity contribution in [3.63, 3.8) is 0 Å². The smallest absolute Gasteiger partial charge is 0.408 e. The number of carbonyl (C=O) groups excluding carboxylic acids is 1. The van der Waals surface area contributed by atoms with E-state index in [2.05, 4.69) is 30.6 Å². The van der Waals surface area contributed by atoms with E-state index < -0.39 is 17.6 Å². The highest BCUT2D eigenvalue weighted by molar-refractivity contribution is 5.85. The standard InChI is InChI=1S/C31H29NO4/c1-21(17-18-22(2)23-11-5-4-6-12-23)19-31(3,29(33)34)32-30(35)36-20-28-26-15-9-7-13-24(26)25-14-8-10-16-27(25)28/h4-18,28H,1-2,19-20H2,3H3,(H,32,35)(H,33,34)/b18-17-. The number of amides is 1. The summed E-state index contributed by atoms with van der Waals surface area (Å²) >= 11 is 0. The van der Waals surface area contributed by atoms with Crippen LogP contribution in [-0.4, -0.2) is 29.3 Å². The van der Waals surface area contributed by atoms with Gasteiger partial charge in [-0.25, -0.2) is 9.59 Å². The van der Waals surface area contributed by atoms with E-state index in [0.29, 0.717) is 5.57 Å². The molecule has 2 N–H and O–H groups in total. The van der Waals surface area contributed by atoms with Crippen LogP contribution in [0.2, 0.25) is 0 Å². The van der Waals surface area contributed by atoms with Gasteiger partial charge in [-0.2, -0.15) is 0 Å². The molecule has 5 nitrogen and oxygen atoms in total. The van der Waals surface area contributed by atoms with Gasteiger partial charge in [0, 0.05) is 12.3 Å². The minimum absolute atomic E-state index is 0.00506. The highest BCUT2D eigenvalue weighted by Gasteiger charge is 2.36. The SMILES string of the molecule is C=C(/C=C\C(=C)c1ccccc1)CC(C)(NC(=O)OCC1c2ccccc2-c2ccccc21)C(=O)O. The Hall–Kier alpha value is -4.38. The maximum Gasteiger partial charge on any atom is 0.408 e. The Kier molecular flexibility index (Phi) is 7.20. The molecule has 36 heavy (non-hydrogen) atoms. The number of benzene rings is 3. The molecule has 0 fully saturated rings. The second-order valence-corrected chi connectivity index (χ2v) is 9.15. The Morgan fingerprint density at radius 3 is 2.06 bits per heavy atom. The second-order valence-electron chi connectivity index (χ2n) is 9.15. The van der Waals surface area contributed by atoms with Gasteiger partial charge in [-0.05, 0) is 40.3 Å². The molecule has 0 radical (unpaired) electrons. The third-order valence-electron chi connectivity index (χ3n) is 6.44. The Bertz CT molecular complexity index is 1300. The lowest BCUT2D eigenvalue weighted by Crippen LogP contribution is -2.52. The lowest BCUT2D eigenvalue weighted by molar-refractivity contribution is -0.143. The van der Waals surface area contributed by atoms with Crippen LogP contribution in [0.3, 0.4) is 0 Å². The summed E-state index contributed by atoms with van der Waals surface area (Å²) in [6, 6.07) is 25.7. The molecular weight excluding hydrogens is 450 g/mol. The zero-order chi connectivity index (χ0) is 25.7. The van der Waals surface area contributed by atoms with Gasteiger partial charge in [0.15, 0.2) is 0 Å². The predicted molar refractivity (Wildman–Crippen MR) is 143 cm³/mol. The van der Waals surface area contributed by atoms with Crippen molar-refractivity contribution < 1.29 is 19.4 Å². The number of aliphatic carboxylic acids is 1. The summed E-state index contributed by atoms with van der Waals surface area (Å²) < 4.78 is 5.55. The number of hydrogen-bond acceptors (Lipinski definition) is 3. The number of carboxylic acids is 1. The number of fused-ring (bicyclic) bond motifs is 3. The summed E-state index contributed by atoms with van der Waals surface area (Å²) in [4.78, 5) is 24.8. The van der Waals surface area contributed by atoms with E-state index in [1.165, 1.54) is 6.92 Å². The van der Waals surface area contributed by atoms with Crippen LogP contribution >= 0.6 is 0 Å². The summed E-state index contributed by atoms with van der Waals surface area (Å²) in [5.41, 5.74) is 5.11. The molecular formula is C31H29NO4. The van der Waals surface area contributed by atoms with E-state index in [4.69, 9.17) is 4.74 Å². The van der Waals surface area contributed by atoms with Crippen molar-refractivity contribution in [3.05, 3.63) is 126 Å². The number of carbonyl (C=O) groups is 2. The molecule has 0 saturated carbocycles. The third-order valence-corrected chi connectivity index (χ3v) is 6.44. The molecule has 0 heterocycles. The fourth-order valence-electron chi connectivity index (χ4n) is 4.51. The molecule has 0 aliphatic heterocycles. The van der Waals surface area contributed by atoms with Crippen molar-refractivity contribution in [2.75, 3.05) is 6.61 Å². The van der Waals surface area contributed by atoms with Gasteiger partial charge in [-0.1, -0.05) is 110 Å². The lowest BCUT2D eigenvalue weighted by atomic mass is 9.93. The van der Waals surface area contributed by atoms with Gasteiger partial charge in [0.05, 0.1) is 0 Å². The first kappa shape index (κ1) is 24.7.